The van der Waals surface area contributed by atoms with Gasteiger partial charge in [0.05, 0.1) is 0 Å². The molecule has 0 aromatic heterocycles. The van der Waals surface area contributed by atoms with E-state index in [1.807, 2.05) is 0 Å². The summed E-state index contributed by atoms with van der Waals surface area (Å²) in [5.41, 5.74) is 2.13. The van der Waals surface area contributed by atoms with Crippen LogP contribution in [0.3, 0.4) is 0 Å². The van der Waals surface area contributed by atoms with Crippen LogP contribution in [0.2, 0.25) is 0 Å². The molecule has 1 aromatic rings. The third-order valence-electron chi connectivity index (χ3n) is 4.80. The van der Waals surface area contributed by atoms with Gasteiger partial charge in [-0.2, -0.15) is 0 Å². The second-order valence-corrected chi connectivity index (χ2v) is 6.68. The van der Waals surface area contributed by atoms with Gasteiger partial charge < -0.3 is 4.90 Å². The Balaban J connectivity index is 1.59. The second kappa shape index (κ2) is 5.34. The van der Waals surface area contributed by atoms with Gasteiger partial charge in [0, 0.05) is 18.4 Å². The van der Waals surface area contributed by atoms with Crippen molar-refractivity contribution in [3.05, 3.63) is 35.9 Å². The van der Waals surface area contributed by atoms with Crippen LogP contribution in [-0.4, -0.2) is 29.9 Å². The lowest BCUT2D eigenvalue weighted by atomic mass is 9.70. The molecule has 1 saturated carbocycles. The summed E-state index contributed by atoms with van der Waals surface area (Å²) in [6.07, 6.45) is 5.61. The van der Waals surface area contributed by atoms with Gasteiger partial charge in [-0.1, -0.05) is 52.7 Å². The molecular weight excluding hydrogens is 286 g/mol. The van der Waals surface area contributed by atoms with E-state index in [0.717, 1.165) is 5.92 Å². The molecule has 1 saturated heterocycles. The fourth-order valence-corrected chi connectivity index (χ4v) is 4.20. The van der Waals surface area contributed by atoms with Crippen LogP contribution in [0.25, 0.3) is 0 Å². The van der Waals surface area contributed by atoms with Crippen molar-refractivity contribution in [3.63, 3.8) is 0 Å². The van der Waals surface area contributed by atoms with Gasteiger partial charge in [-0.25, -0.2) is 0 Å². The Morgan fingerprint density at radius 2 is 2.00 bits per heavy atom. The standard InChI is InChI=1S/C16H22BrN/c17-12-16(8-4-9-16)13-18-10-7-15(11-18)14-5-2-1-3-6-14/h1-3,5-6,15H,4,7-13H2. The van der Waals surface area contributed by atoms with Gasteiger partial charge in [-0.05, 0) is 42.7 Å². The molecule has 2 heteroatoms. The van der Waals surface area contributed by atoms with Crippen LogP contribution in [0.1, 0.15) is 37.2 Å². The van der Waals surface area contributed by atoms with Crippen molar-refractivity contribution in [1.82, 2.24) is 4.90 Å². The first-order chi connectivity index (χ1) is 8.81. The lowest BCUT2D eigenvalue weighted by Crippen LogP contribution is -2.42. The number of rotatable bonds is 4. The van der Waals surface area contributed by atoms with Gasteiger partial charge in [0.25, 0.3) is 0 Å². The number of halogens is 1. The number of alkyl halides is 1. The van der Waals surface area contributed by atoms with Crippen molar-refractivity contribution in [2.75, 3.05) is 25.0 Å². The van der Waals surface area contributed by atoms with Crippen LogP contribution >= 0.6 is 15.9 Å². The zero-order chi connectivity index (χ0) is 12.4. The molecule has 18 heavy (non-hydrogen) atoms. The van der Waals surface area contributed by atoms with E-state index in [1.54, 1.807) is 0 Å². The van der Waals surface area contributed by atoms with Crippen LogP contribution in [0.15, 0.2) is 30.3 Å². The summed E-state index contributed by atoms with van der Waals surface area (Å²) in [4.78, 5) is 2.69. The van der Waals surface area contributed by atoms with Crippen molar-refractivity contribution < 1.29 is 0 Å². The maximum atomic E-state index is 3.72. The topological polar surface area (TPSA) is 3.24 Å². The Kier molecular flexibility index (Phi) is 3.76. The Bertz CT molecular complexity index is 380. The minimum atomic E-state index is 0.603. The molecule has 98 valence electrons. The molecule has 1 aliphatic heterocycles. The van der Waals surface area contributed by atoms with Crippen molar-refractivity contribution >= 4 is 15.9 Å². The molecule has 1 heterocycles. The maximum Gasteiger partial charge on any atom is 0.0100 e. The summed E-state index contributed by atoms with van der Waals surface area (Å²) in [6.45, 7) is 3.86. The van der Waals surface area contributed by atoms with Gasteiger partial charge in [0.1, 0.15) is 0 Å². The number of hydrogen-bond donors (Lipinski definition) is 0. The third-order valence-corrected chi connectivity index (χ3v) is 5.99. The van der Waals surface area contributed by atoms with Crippen molar-refractivity contribution in [1.29, 1.82) is 0 Å². The average molecular weight is 308 g/mol. The molecule has 1 aromatic carbocycles. The Morgan fingerprint density at radius 1 is 1.22 bits per heavy atom. The SMILES string of the molecule is BrCC1(CN2CCC(c3ccccc3)C2)CCC1. The summed E-state index contributed by atoms with van der Waals surface area (Å²) >= 11 is 3.72. The van der Waals surface area contributed by atoms with Gasteiger partial charge in [0.2, 0.25) is 0 Å². The predicted molar refractivity (Wildman–Crippen MR) is 80.3 cm³/mol. The molecule has 2 aliphatic rings. The molecule has 0 spiro atoms. The van der Waals surface area contributed by atoms with E-state index in [1.165, 1.54) is 56.2 Å². The van der Waals surface area contributed by atoms with E-state index in [4.69, 9.17) is 0 Å². The van der Waals surface area contributed by atoms with E-state index in [-0.39, 0.29) is 0 Å². The Hall–Kier alpha value is -0.340. The van der Waals surface area contributed by atoms with E-state index in [2.05, 4.69) is 51.2 Å². The highest BCUT2D eigenvalue weighted by molar-refractivity contribution is 9.09. The molecular formula is C16H22BrN. The van der Waals surface area contributed by atoms with Crippen LogP contribution in [-0.2, 0) is 0 Å². The number of nitrogens with zero attached hydrogens (tertiary/aromatic N) is 1. The monoisotopic (exact) mass is 307 g/mol. The number of benzene rings is 1. The highest BCUT2D eigenvalue weighted by atomic mass is 79.9. The van der Waals surface area contributed by atoms with Crippen molar-refractivity contribution in [2.24, 2.45) is 5.41 Å². The molecule has 0 amide bonds. The first-order valence-corrected chi connectivity index (χ1v) is 8.27. The summed E-state index contributed by atoms with van der Waals surface area (Å²) < 4.78 is 0. The molecule has 2 fully saturated rings. The average Bonchev–Trinajstić information content (AvgIpc) is 2.83. The van der Waals surface area contributed by atoms with E-state index in [9.17, 15) is 0 Å². The van der Waals surface area contributed by atoms with Crippen LogP contribution in [0.4, 0.5) is 0 Å². The summed E-state index contributed by atoms with van der Waals surface area (Å²) in [5, 5.41) is 1.19. The second-order valence-electron chi connectivity index (χ2n) is 6.12. The first-order valence-electron chi connectivity index (χ1n) is 7.15. The Labute approximate surface area is 119 Å². The quantitative estimate of drug-likeness (QED) is 0.759. The molecule has 0 bridgehead atoms. The normalized spacial score (nSPS) is 27.1. The zero-order valence-electron chi connectivity index (χ0n) is 10.9. The maximum absolute atomic E-state index is 3.72. The lowest BCUT2D eigenvalue weighted by Gasteiger charge is -2.43. The van der Waals surface area contributed by atoms with Crippen molar-refractivity contribution in [2.45, 2.75) is 31.6 Å². The molecule has 0 N–H and O–H groups in total. The first kappa shape index (κ1) is 12.7. The highest BCUT2D eigenvalue weighted by Gasteiger charge is 2.39. The minimum absolute atomic E-state index is 0.603. The largest absolute Gasteiger partial charge is 0.302 e. The fourth-order valence-electron chi connectivity index (χ4n) is 3.46. The van der Waals surface area contributed by atoms with Gasteiger partial charge in [-0.15, -0.1) is 0 Å². The summed E-state index contributed by atoms with van der Waals surface area (Å²) in [5.74, 6) is 0.763. The molecule has 1 aliphatic carbocycles. The van der Waals surface area contributed by atoms with Gasteiger partial charge in [0.15, 0.2) is 0 Å². The predicted octanol–water partition coefficient (Wildman–Crippen LogP) is 4.04. The molecule has 1 nitrogen and oxygen atoms in total. The van der Waals surface area contributed by atoms with Gasteiger partial charge >= 0.3 is 0 Å². The van der Waals surface area contributed by atoms with Crippen molar-refractivity contribution in [3.8, 4) is 0 Å². The highest BCUT2D eigenvalue weighted by Crippen LogP contribution is 2.44. The van der Waals surface area contributed by atoms with E-state index < -0.39 is 0 Å². The Morgan fingerprint density at radius 3 is 2.61 bits per heavy atom. The number of likely N-dealkylation sites (tertiary alicyclic amines) is 1. The van der Waals surface area contributed by atoms with Crippen LogP contribution < -0.4 is 0 Å². The van der Waals surface area contributed by atoms with E-state index in [0.29, 0.717) is 5.41 Å². The lowest BCUT2D eigenvalue weighted by molar-refractivity contribution is 0.104. The molecule has 0 radical (unpaired) electrons. The smallest absolute Gasteiger partial charge is 0.0100 e. The molecule has 1 atom stereocenters. The zero-order valence-corrected chi connectivity index (χ0v) is 12.5. The van der Waals surface area contributed by atoms with Crippen LogP contribution in [0.5, 0.6) is 0 Å². The van der Waals surface area contributed by atoms with Gasteiger partial charge in [-0.3, -0.25) is 0 Å². The molecule has 3 rings (SSSR count). The molecule has 1 unspecified atom stereocenters. The summed E-state index contributed by atoms with van der Waals surface area (Å²) in [7, 11) is 0. The number of hydrogen-bond acceptors (Lipinski definition) is 1. The van der Waals surface area contributed by atoms with E-state index >= 15 is 0 Å². The fraction of sp³-hybridized carbons (Fsp3) is 0.625. The minimum Gasteiger partial charge on any atom is -0.302 e. The third kappa shape index (κ3) is 2.50. The summed E-state index contributed by atoms with van der Waals surface area (Å²) in [6, 6.07) is 11.0. The van der Waals surface area contributed by atoms with Crippen LogP contribution in [0, 0.1) is 5.41 Å².